The largest absolute Gasteiger partial charge is 0.472 e. The number of pyridine rings is 1. The van der Waals surface area contributed by atoms with Gasteiger partial charge in [0.25, 0.3) is 0 Å². The quantitative estimate of drug-likeness (QED) is 0.764. The van der Waals surface area contributed by atoms with Gasteiger partial charge < -0.3 is 14.8 Å². The number of rotatable bonds is 7. The van der Waals surface area contributed by atoms with Crippen LogP contribution in [0.3, 0.4) is 0 Å². The minimum atomic E-state index is 0.0253. The highest BCUT2D eigenvalue weighted by molar-refractivity contribution is 5.20. The van der Waals surface area contributed by atoms with Gasteiger partial charge in [-0.3, -0.25) is 0 Å². The van der Waals surface area contributed by atoms with Gasteiger partial charge in [-0.25, -0.2) is 4.98 Å². The lowest BCUT2D eigenvalue weighted by molar-refractivity contribution is 0.0633. The number of hydrogen-bond acceptors (Lipinski definition) is 4. The van der Waals surface area contributed by atoms with Gasteiger partial charge >= 0.3 is 0 Å². The Kier molecular flexibility index (Phi) is 5.82. The second-order valence-electron chi connectivity index (χ2n) is 3.62. The summed E-state index contributed by atoms with van der Waals surface area (Å²) in [7, 11) is 1.92. The number of aromatic nitrogens is 1. The van der Waals surface area contributed by atoms with E-state index < -0.39 is 0 Å². The van der Waals surface area contributed by atoms with E-state index in [0.717, 1.165) is 12.1 Å². The number of nitrogens with zero attached hydrogens (tertiary/aromatic N) is 1. The van der Waals surface area contributed by atoms with Crippen LogP contribution in [0.4, 0.5) is 0 Å². The van der Waals surface area contributed by atoms with Crippen LogP contribution in [0, 0.1) is 0 Å². The molecule has 1 heterocycles. The Morgan fingerprint density at radius 3 is 3.00 bits per heavy atom. The third-order valence-corrected chi connectivity index (χ3v) is 2.06. The molecule has 0 spiro atoms. The van der Waals surface area contributed by atoms with Crippen molar-refractivity contribution in [2.45, 2.75) is 26.5 Å². The number of hydrogen-bond donors (Lipinski definition) is 1. The lowest BCUT2D eigenvalue weighted by Gasteiger charge is -2.14. The molecule has 4 nitrogen and oxygen atoms in total. The zero-order valence-corrected chi connectivity index (χ0v) is 10.2. The maximum Gasteiger partial charge on any atom is 0.213 e. The summed E-state index contributed by atoms with van der Waals surface area (Å²) in [5.74, 6) is 0.653. The minimum Gasteiger partial charge on any atom is -0.472 e. The molecule has 0 aliphatic heterocycles. The van der Waals surface area contributed by atoms with Gasteiger partial charge in [-0.1, -0.05) is 0 Å². The molecule has 0 fully saturated rings. The van der Waals surface area contributed by atoms with E-state index in [1.165, 1.54) is 0 Å². The summed E-state index contributed by atoms with van der Waals surface area (Å²) in [6.45, 7) is 6.06. The topological polar surface area (TPSA) is 43.4 Å². The van der Waals surface area contributed by atoms with Crippen LogP contribution in [0.15, 0.2) is 18.3 Å². The Bertz CT molecular complexity index is 305. The molecule has 90 valence electrons. The summed E-state index contributed by atoms with van der Waals surface area (Å²) in [6, 6.07) is 3.91. The van der Waals surface area contributed by atoms with Crippen LogP contribution in [-0.4, -0.2) is 31.3 Å². The van der Waals surface area contributed by atoms with Gasteiger partial charge in [0.15, 0.2) is 0 Å². The molecular formula is C12H20N2O2. The molecule has 1 rings (SSSR count). The zero-order valence-electron chi connectivity index (χ0n) is 10.2. The lowest BCUT2D eigenvalue weighted by Crippen LogP contribution is -2.19. The van der Waals surface area contributed by atoms with E-state index >= 15 is 0 Å². The fourth-order valence-electron chi connectivity index (χ4n) is 1.35. The van der Waals surface area contributed by atoms with Crippen LogP contribution in [0.2, 0.25) is 0 Å². The molecule has 1 aromatic heterocycles. The van der Waals surface area contributed by atoms with E-state index in [4.69, 9.17) is 9.47 Å². The zero-order chi connectivity index (χ0) is 11.8. The standard InChI is InChI=1S/C12H20N2O2/c1-4-15-9-10(2)16-12-7-11(8-13-3)5-6-14-12/h5-7,10,13H,4,8-9H2,1-3H3. The first-order valence-corrected chi connectivity index (χ1v) is 5.60. The molecule has 16 heavy (non-hydrogen) atoms. The molecule has 0 bridgehead atoms. The third-order valence-electron chi connectivity index (χ3n) is 2.06. The van der Waals surface area contributed by atoms with Crippen LogP contribution >= 0.6 is 0 Å². The van der Waals surface area contributed by atoms with Gasteiger partial charge in [-0.15, -0.1) is 0 Å². The Labute approximate surface area is 97.0 Å². The van der Waals surface area contributed by atoms with Gasteiger partial charge in [0.05, 0.1) is 6.61 Å². The Morgan fingerprint density at radius 2 is 2.31 bits per heavy atom. The van der Waals surface area contributed by atoms with Gasteiger partial charge in [-0.05, 0) is 32.5 Å². The molecule has 1 unspecified atom stereocenters. The Balaban J connectivity index is 2.49. The van der Waals surface area contributed by atoms with E-state index in [1.807, 2.05) is 33.0 Å². The van der Waals surface area contributed by atoms with Crippen molar-refractivity contribution in [2.24, 2.45) is 0 Å². The Morgan fingerprint density at radius 1 is 1.50 bits per heavy atom. The van der Waals surface area contributed by atoms with Crippen LogP contribution in [0.1, 0.15) is 19.4 Å². The molecule has 1 atom stereocenters. The SMILES string of the molecule is CCOCC(C)Oc1cc(CNC)ccn1. The predicted molar refractivity (Wildman–Crippen MR) is 63.6 cm³/mol. The van der Waals surface area contributed by atoms with Crippen LogP contribution in [-0.2, 0) is 11.3 Å². The first-order valence-electron chi connectivity index (χ1n) is 5.60. The molecule has 0 radical (unpaired) electrons. The monoisotopic (exact) mass is 224 g/mol. The maximum atomic E-state index is 5.64. The van der Waals surface area contributed by atoms with E-state index in [-0.39, 0.29) is 6.10 Å². The van der Waals surface area contributed by atoms with Gasteiger partial charge in [0, 0.05) is 25.4 Å². The molecule has 0 aromatic carbocycles. The fraction of sp³-hybridized carbons (Fsp3) is 0.583. The van der Waals surface area contributed by atoms with Crippen molar-refractivity contribution in [3.8, 4) is 5.88 Å². The summed E-state index contributed by atoms with van der Waals surface area (Å²) < 4.78 is 10.9. The smallest absolute Gasteiger partial charge is 0.213 e. The van der Waals surface area contributed by atoms with Gasteiger partial charge in [0.1, 0.15) is 6.10 Å². The molecular weight excluding hydrogens is 204 g/mol. The van der Waals surface area contributed by atoms with Crippen molar-refractivity contribution in [2.75, 3.05) is 20.3 Å². The normalized spacial score (nSPS) is 12.4. The summed E-state index contributed by atoms with van der Waals surface area (Å²) in [5.41, 5.74) is 1.16. The van der Waals surface area contributed by atoms with Crippen LogP contribution < -0.4 is 10.1 Å². The van der Waals surface area contributed by atoms with E-state index in [2.05, 4.69) is 10.3 Å². The molecule has 1 N–H and O–H groups in total. The Hall–Kier alpha value is -1.13. The van der Waals surface area contributed by atoms with Crippen molar-refractivity contribution >= 4 is 0 Å². The molecule has 0 amide bonds. The highest BCUT2D eigenvalue weighted by Crippen LogP contribution is 2.11. The first-order chi connectivity index (χ1) is 7.76. The minimum absolute atomic E-state index is 0.0253. The van der Waals surface area contributed by atoms with Crippen LogP contribution in [0.25, 0.3) is 0 Å². The molecule has 1 aromatic rings. The fourth-order valence-corrected chi connectivity index (χ4v) is 1.35. The molecule has 4 heteroatoms. The van der Waals surface area contributed by atoms with E-state index in [9.17, 15) is 0 Å². The highest BCUT2D eigenvalue weighted by atomic mass is 16.5. The molecule has 0 saturated carbocycles. The van der Waals surface area contributed by atoms with Gasteiger partial charge in [0.2, 0.25) is 5.88 Å². The second-order valence-corrected chi connectivity index (χ2v) is 3.62. The van der Waals surface area contributed by atoms with Crippen molar-refractivity contribution in [3.05, 3.63) is 23.9 Å². The summed E-state index contributed by atoms with van der Waals surface area (Å²) in [4.78, 5) is 4.16. The second kappa shape index (κ2) is 7.19. The van der Waals surface area contributed by atoms with E-state index in [1.54, 1.807) is 6.20 Å². The van der Waals surface area contributed by atoms with Crippen molar-refractivity contribution in [1.82, 2.24) is 10.3 Å². The van der Waals surface area contributed by atoms with Gasteiger partial charge in [-0.2, -0.15) is 0 Å². The molecule has 0 aliphatic carbocycles. The lowest BCUT2D eigenvalue weighted by atomic mass is 10.2. The van der Waals surface area contributed by atoms with Crippen molar-refractivity contribution in [3.63, 3.8) is 0 Å². The molecule has 0 saturated heterocycles. The summed E-state index contributed by atoms with van der Waals surface area (Å²) in [5, 5.41) is 3.09. The highest BCUT2D eigenvalue weighted by Gasteiger charge is 2.05. The summed E-state index contributed by atoms with van der Waals surface area (Å²) in [6.07, 6.45) is 1.78. The number of nitrogens with one attached hydrogen (secondary N) is 1. The average molecular weight is 224 g/mol. The predicted octanol–water partition coefficient (Wildman–Crippen LogP) is 1.60. The average Bonchev–Trinajstić information content (AvgIpc) is 2.27. The molecule has 0 aliphatic rings. The first kappa shape index (κ1) is 12.9. The van der Waals surface area contributed by atoms with E-state index in [0.29, 0.717) is 19.1 Å². The van der Waals surface area contributed by atoms with Crippen molar-refractivity contribution < 1.29 is 9.47 Å². The summed E-state index contributed by atoms with van der Waals surface area (Å²) >= 11 is 0. The maximum absolute atomic E-state index is 5.64. The number of ether oxygens (including phenoxy) is 2. The third kappa shape index (κ3) is 4.59. The van der Waals surface area contributed by atoms with Crippen LogP contribution in [0.5, 0.6) is 5.88 Å². The van der Waals surface area contributed by atoms with Crippen molar-refractivity contribution in [1.29, 1.82) is 0 Å².